The number of aromatic nitrogens is 2. The summed E-state index contributed by atoms with van der Waals surface area (Å²) in [6.45, 7) is 2.15. The zero-order chi connectivity index (χ0) is 12.5. The highest BCUT2D eigenvalue weighted by molar-refractivity contribution is 9.10. The van der Waals surface area contributed by atoms with Crippen molar-refractivity contribution >= 4 is 15.9 Å². The lowest BCUT2D eigenvalue weighted by Crippen LogP contribution is -2.23. The number of aryl methyl sites for hydroxylation is 1. The number of benzene rings is 1. The highest BCUT2D eigenvalue weighted by Crippen LogP contribution is 2.34. The number of nitrogens with one attached hydrogen (secondary N) is 2. The Labute approximate surface area is 115 Å². The summed E-state index contributed by atoms with van der Waals surface area (Å²) in [5.74, 6) is 1.00. The summed E-state index contributed by atoms with van der Waals surface area (Å²) in [6.07, 6.45) is 5.98. The van der Waals surface area contributed by atoms with E-state index >= 15 is 0 Å². The molecule has 2 N–H and O–H groups in total. The van der Waals surface area contributed by atoms with Crippen molar-refractivity contribution < 1.29 is 0 Å². The molecule has 3 rings (SSSR count). The van der Waals surface area contributed by atoms with Gasteiger partial charge in [0.1, 0.15) is 5.82 Å². The number of aromatic amines is 1. The van der Waals surface area contributed by atoms with E-state index in [0.29, 0.717) is 6.04 Å². The monoisotopic (exact) mass is 305 g/mol. The Morgan fingerprint density at radius 2 is 2.39 bits per heavy atom. The molecule has 1 aromatic heterocycles. The molecule has 1 aliphatic carbocycles. The summed E-state index contributed by atoms with van der Waals surface area (Å²) in [6, 6.07) is 7.26. The lowest BCUT2D eigenvalue weighted by Gasteiger charge is -2.19. The standard InChI is InChI=1S/C14H16BrN3/c1-9(14-16-6-7-17-14)18-13-5-2-10-8-11(15)3-4-12(10)13/h3-4,6-9,13,18H,2,5H2,1H3,(H,16,17). The first-order chi connectivity index (χ1) is 8.74. The van der Waals surface area contributed by atoms with Crippen LogP contribution in [0.3, 0.4) is 0 Å². The molecule has 1 heterocycles. The van der Waals surface area contributed by atoms with Gasteiger partial charge in [-0.25, -0.2) is 4.98 Å². The zero-order valence-corrected chi connectivity index (χ0v) is 11.9. The lowest BCUT2D eigenvalue weighted by molar-refractivity contribution is 0.452. The van der Waals surface area contributed by atoms with Crippen LogP contribution in [0, 0.1) is 0 Å². The van der Waals surface area contributed by atoms with Gasteiger partial charge in [0.15, 0.2) is 0 Å². The number of rotatable bonds is 3. The first-order valence-electron chi connectivity index (χ1n) is 6.27. The second-order valence-corrected chi connectivity index (χ2v) is 5.71. The molecule has 0 radical (unpaired) electrons. The summed E-state index contributed by atoms with van der Waals surface area (Å²) < 4.78 is 1.17. The largest absolute Gasteiger partial charge is 0.347 e. The van der Waals surface area contributed by atoms with Crippen LogP contribution in [-0.2, 0) is 6.42 Å². The molecule has 2 unspecified atom stereocenters. The minimum absolute atomic E-state index is 0.250. The molecule has 1 aliphatic rings. The van der Waals surface area contributed by atoms with E-state index in [1.807, 2.05) is 6.20 Å². The van der Waals surface area contributed by atoms with Gasteiger partial charge in [-0.15, -0.1) is 0 Å². The van der Waals surface area contributed by atoms with Gasteiger partial charge in [0.2, 0.25) is 0 Å². The van der Waals surface area contributed by atoms with Crippen molar-refractivity contribution in [3.8, 4) is 0 Å². The third-order valence-electron chi connectivity index (χ3n) is 3.56. The summed E-state index contributed by atoms with van der Waals surface area (Å²) in [5, 5.41) is 3.65. The second-order valence-electron chi connectivity index (χ2n) is 4.80. The molecule has 18 heavy (non-hydrogen) atoms. The van der Waals surface area contributed by atoms with E-state index in [2.05, 4.69) is 56.3 Å². The van der Waals surface area contributed by atoms with Gasteiger partial charge in [-0.1, -0.05) is 22.0 Å². The van der Waals surface area contributed by atoms with Gasteiger partial charge >= 0.3 is 0 Å². The Balaban J connectivity index is 1.77. The Hall–Kier alpha value is -1.13. The Kier molecular flexibility index (Phi) is 3.22. The van der Waals surface area contributed by atoms with Gasteiger partial charge in [0.25, 0.3) is 0 Å². The van der Waals surface area contributed by atoms with Crippen LogP contribution in [-0.4, -0.2) is 9.97 Å². The number of fused-ring (bicyclic) bond motifs is 1. The molecule has 94 valence electrons. The molecule has 3 nitrogen and oxygen atoms in total. The van der Waals surface area contributed by atoms with Crippen LogP contribution in [0.1, 0.15) is 42.4 Å². The average molecular weight is 306 g/mol. The molecule has 0 saturated carbocycles. The number of hydrogen-bond donors (Lipinski definition) is 2. The quantitative estimate of drug-likeness (QED) is 0.911. The lowest BCUT2D eigenvalue weighted by atomic mass is 10.1. The molecular formula is C14H16BrN3. The van der Waals surface area contributed by atoms with Gasteiger partial charge < -0.3 is 10.3 Å². The van der Waals surface area contributed by atoms with Crippen LogP contribution >= 0.6 is 15.9 Å². The van der Waals surface area contributed by atoms with E-state index in [4.69, 9.17) is 0 Å². The second kappa shape index (κ2) is 4.86. The number of H-pyrrole nitrogens is 1. The zero-order valence-electron chi connectivity index (χ0n) is 10.3. The van der Waals surface area contributed by atoms with Crippen LogP contribution in [0.15, 0.2) is 35.1 Å². The maximum Gasteiger partial charge on any atom is 0.122 e. The van der Waals surface area contributed by atoms with E-state index in [1.54, 1.807) is 6.20 Å². The van der Waals surface area contributed by atoms with Crippen molar-refractivity contribution in [2.75, 3.05) is 0 Å². The molecule has 0 fully saturated rings. The molecule has 0 spiro atoms. The highest BCUT2D eigenvalue weighted by atomic mass is 79.9. The van der Waals surface area contributed by atoms with Gasteiger partial charge in [-0.05, 0) is 43.0 Å². The van der Waals surface area contributed by atoms with Crippen LogP contribution < -0.4 is 5.32 Å². The fourth-order valence-electron chi connectivity index (χ4n) is 2.65. The predicted octanol–water partition coefficient (Wildman–Crippen LogP) is 3.51. The maximum absolute atomic E-state index is 4.30. The summed E-state index contributed by atoms with van der Waals surface area (Å²) in [5.41, 5.74) is 2.88. The van der Waals surface area contributed by atoms with Crippen molar-refractivity contribution in [3.05, 3.63) is 52.0 Å². The molecule has 0 bridgehead atoms. The van der Waals surface area contributed by atoms with E-state index in [9.17, 15) is 0 Å². The molecule has 2 atom stereocenters. The van der Waals surface area contributed by atoms with Gasteiger partial charge in [-0.2, -0.15) is 0 Å². The molecular weight excluding hydrogens is 290 g/mol. The number of hydrogen-bond acceptors (Lipinski definition) is 2. The number of imidazole rings is 1. The smallest absolute Gasteiger partial charge is 0.122 e. The molecule has 4 heteroatoms. The van der Waals surface area contributed by atoms with E-state index < -0.39 is 0 Å². The number of nitrogens with zero attached hydrogens (tertiary/aromatic N) is 1. The van der Waals surface area contributed by atoms with Crippen LogP contribution in [0.5, 0.6) is 0 Å². The van der Waals surface area contributed by atoms with Crippen LogP contribution in [0.2, 0.25) is 0 Å². The minimum Gasteiger partial charge on any atom is -0.347 e. The van der Waals surface area contributed by atoms with Crippen molar-refractivity contribution in [3.63, 3.8) is 0 Å². The van der Waals surface area contributed by atoms with E-state index in [0.717, 1.165) is 18.7 Å². The molecule has 1 aromatic carbocycles. The SMILES string of the molecule is CC(NC1CCc2cc(Br)ccc21)c1ncc[nH]1. The topological polar surface area (TPSA) is 40.7 Å². The van der Waals surface area contributed by atoms with Gasteiger partial charge in [0.05, 0.1) is 6.04 Å². The molecule has 0 saturated heterocycles. The minimum atomic E-state index is 0.250. The fourth-order valence-corrected chi connectivity index (χ4v) is 3.06. The van der Waals surface area contributed by atoms with Crippen molar-refractivity contribution in [2.24, 2.45) is 0 Å². The fraction of sp³-hybridized carbons (Fsp3) is 0.357. The maximum atomic E-state index is 4.30. The summed E-state index contributed by atoms with van der Waals surface area (Å²) in [4.78, 5) is 7.47. The summed E-state index contributed by atoms with van der Waals surface area (Å²) >= 11 is 3.53. The van der Waals surface area contributed by atoms with Crippen molar-refractivity contribution in [1.82, 2.24) is 15.3 Å². The molecule has 2 aromatic rings. The van der Waals surface area contributed by atoms with E-state index in [1.165, 1.54) is 15.6 Å². The Morgan fingerprint density at radius 1 is 1.50 bits per heavy atom. The summed E-state index contributed by atoms with van der Waals surface area (Å²) in [7, 11) is 0. The van der Waals surface area contributed by atoms with Gasteiger partial charge in [0, 0.05) is 22.9 Å². The third-order valence-corrected chi connectivity index (χ3v) is 4.06. The van der Waals surface area contributed by atoms with E-state index in [-0.39, 0.29) is 6.04 Å². The Bertz CT molecular complexity index is 536. The van der Waals surface area contributed by atoms with Crippen LogP contribution in [0.25, 0.3) is 0 Å². The Morgan fingerprint density at radius 3 is 3.17 bits per heavy atom. The average Bonchev–Trinajstić information content (AvgIpc) is 2.98. The van der Waals surface area contributed by atoms with Crippen LogP contribution in [0.4, 0.5) is 0 Å². The highest BCUT2D eigenvalue weighted by Gasteiger charge is 2.24. The molecule has 0 aliphatic heterocycles. The normalized spacial score (nSPS) is 19.8. The predicted molar refractivity (Wildman–Crippen MR) is 75.3 cm³/mol. The van der Waals surface area contributed by atoms with Crippen molar-refractivity contribution in [1.29, 1.82) is 0 Å². The number of halogens is 1. The van der Waals surface area contributed by atoms with Gasteiger partial charge in [-0.3, -0.25) is 0 Å². The third kappa shape index (κ3) is 2.22. The van der Waals surface area contributed by atoms with Crippen molar-refractivity contribution in [2.45, 2.75) is 31.8 Å². The first-order valence-corrected chi connectivity index (χ1v) is 7.07. The first kappa shape index (κ1) is 11.9. The molecule has 0 amide bonds.